The van der Waals surface area contributed by atoms with E-state index in [1.165, 1.54) is 31.3 Å². The standard InChI is InChI=1S/C12H26OSi/c1-5-8-9-10(4)11(6-2)12(7-3)13-14/h11-12H,4-9H2,1-3,14H3. The van der Waals surface area contributed by atoms with E-state index in [0.717, 1.165) is 16.9 Å². The Morgan fingerprint density at radius 3 is 2.29 bits per heavy atom. The highest BCUT2D eigenvalue weighted by Crippen LogP contribution is 2.25. The summed E-state index contributed by atoms with van der Waals surface area (Å²) in [5, 5.41) is 0. The van der Waals surface area contributed by atoms with Crippen molar-refractivity contribution in [3.8, 4) is 0 Å². The van der Waals surface area contributed by atoms with Crippen LogP contribution in [0.3, 0.4) is 0 Å². The molecule has 0 rings (SSSR count). The third-order valence-electron chi connectivity index (χ3n) is 2.97. The van der Waals surface area contributed by atoms with E-state index in [9.17, 15) is 0 Å². The fourth-order valence-electron chi connectivity index (χ4n) is 2.02. The maximum atomic E-state index is 5.63. The second-order valence-electron chi connectivity index (χ2n) is 3.96. The van der Waals surface area contributed by atoms with E-state index in [2.05, 4.69) is 27.4 Å². The molecular weight excluding hydrogens is 188 g/mol. The lowest BCUT2D eigenvalue weighted by Crippen LogP contribution is -2.23. The van der Waals surface area contributed by atoms with Crippen LogP contribution in [0.5, 0.6) is 0 Å². The summed E-state index contributed by atoms with van der Waals surface area (Å²) in [7, 11) is 0.844. The van der Waals surface area contributed by atoms with E-state index in [1.54, 1.807) is 0 Å². The number of hydrogen-bond donors (Lipinski definition) is 0. The summed E-state index contributed by atoms with van der Waals surface area (Å²) < 4.78 is 5.63. The Bertz CT molecular complexity index is 152. The van der Waals surface area contributed by atoms with E-state index in [4.69, 9.17) is 4.43 Å². The summed E-state index contributed by atoms with van der Waals surface area (Å²) >= 11 is 0. The maximum absolute atomic E-state index is 5.63. The molecule has 14 heavy (non-hydrogen) atoms. The van der Waals surface area contributed by atoms with Crippen molar-refractivity contribution < 1.29 is 4.43 Å². The van der Waals surface area contributed by atoms with Crippen LogP contribution in [0.1, 0.15) is 52.9 Å². The van der Waals surface area contributed by atoms with Crippen molar-refractivity contribution in [1.82, 2.24) is 0 Å². The minimum atomic E-state index is 0.427. The lowest BCUT2D eigenvalue weighted by molar-refractivity contribution is 0.156. The molecule has 0 fully saturated rings. The van der Waals surface area contributed by atoms with E-state index >= 15 is 0 Å². The lowest BCUT2D eigenvalue weighted by Gasteiger charge is -2.26. The molecule has 0 aromatic rings. The van der Waals surface area contributed by atoms with E-state index in [1.807, 2.05) is 0 Å². The van der Waals surface area contributed by atoms with Crippen LogP contribution in [0.2, 0.25) is 0 Å². The highest BCUT2D eigenvalue weighted by Gasteiger charge is 2.19. The summed E-state index contributed by atoms with van der Waals surface area (Å²) in [5.41, 5.74) is 1.40. The number of rotatable bonds is 8. The van der Waals surface area contributed by atoms with Crippen LogP contribution in [0.4, 0.5) is 0 Å². The van der Waals surface area contributed by atoms with Crippen LogP contribution in [0.15, 0.2) is 12.2 Å². The molecule has 0 aromatic heterocycles. The van der Waals surface area contributed by atoms with E-state index in [-0.39, 0.29) is 0 Å². The molecule has 0 bridgehead atoms. The first kappa shape index (κ1) is 13.9. The van der Waals surface area contributed by atoms with Crippen molar-refractivity contribution in [3.05, 3.63) is 12.2 Å². The Morgan fingerprint density at radius 2 is 1.93 bits per heavy atom. The fraction of sp³-hybridized carbons (Fsp3) is 0.833. The Balaban J connectivity index is 4.15. The topological polar surface area (TPSA) is 9.23 Å². The van der Waals surface area contributed by atoms with Gasteiger partial charge in [0.1, 0.15) is 10.5 Å². The van der Waals surface area contributed by atoms with Crippen molar-refractivity contribution in [2.75, 3.05) is 0 Å². The Hall–Kier alpha value is -0.0831. The van der Waals surface area contributed by atoms with Crippen LogP contribution in [0.25, 0.3) is 0 Å². The quantitative estimate of drug-likeness (QED) is 0.446. The SMILES string of the molecule is C=C(CCCC)C(CC)C(CC)O[SiH3]. The van der Waals surface area contributed by atoms with E-state index in [0.29, 0.717) is 12.0 Å². The van der Waals surface area contributed by atoms with Crippen molar-refractivity contribution in [1.29, 1.82) is 0 Å². The third-order valence-corrected chi connectivity index (χ3v) is 3.58. The first-order valence-electron chi connectivity index (χ1n) is 5.91. The molecule has 0 N–H and O–H groups in total. The molecule has 0 aliphatic rings. The molecule has 0 aromatic carbocycles. The molecule has 2 heteroatoms. The van der Waals surface area contributed by atoms with Crippen LogP contribution in [0, 0.1) is 5.92 Å². The predicted molar refractivity (Wildman–Crippen MR) is 67.5 cm³/mol. The molecule has 0 aliphatic heterocycles. The zero-order valence-corrected chi connectivity index (χ0v) is 12.3. The molecule has 2 unspecified atom stereocenters. The van der Waals surface area contributed by atoms with Crippen LogP contribution in [-0.4, -0.2) is 16.6 Å². The summed E-state index contributed by atoms with van der Waals surface area (Å²) in [6.45, 7) is 10.9. The van der Waals surface area contributed by atoms with Gasteiger partial charge in [-0.15, -0.1) is 0 Å². The van der Waals surface area contributed by atoms with E-state index < -0.39 is 0 Å². The lowest BCUT2D eigenvalue weighted by atomic mass is 9.87. The molecule has 84 valence electrons. The van der Waals surface area contributed by atoms with Gasteiger partial charge in [0.05, 0.1) is 6.10 Å². The molecule has 0 saturated heterocycles. The zero-order valence-electron chi connectivity index (χ0n) is 10.3. The average Bonchev–Trinajstić information content (AvgIpc) is 2.22. The molecule has 0 heterocycles. The summed E-state index contributed by atoms with van der Waals surface area (Å²) in [6, 6.07) is 0. The van der Waals surface area contributed by atoms with Crippen molar-refractivity contribution in [2.24, 2.45) is 5.92 Å². The van der Waals surface area contributed by atoms with Gasteiger partial charge in [-0.3, -0.25) is 0 Å². The van der Waals surface area contributed by atoms with Gasteiger partial charge in [0.25, 0.3) is 0 Å². The summed E-state index contributed by atoms with van der Waals surface area (Å²) in [4.78, 5) is 0. The van der Waals surface area contributed by atoms with Gasteiger partial charge in [-0.05, 0) is 25.7 Å². The fourth-order valence-corrected chi connectivity index (χ4v) is 2.68. The van der Waals surface area contributed by atoms with Gasteiger partial charge in [0, 0.05) is 5.92 Å². The van der Waals surface area contributed by atoms with Gasteiger partial charge in [-0.2, -0.15) is 0 Å². The van der Waals surface area contributed by atoms with Gasteiger partial charge < -0.3 is 4.43 Å². The Labute approximate surface area is 92.5 Å². The molecule has 1 nitrogen and oxygen atoms in total. The summed E-state index contributed by atoms with van der Waals surface area (Å²) in [6.07, 6.45) is 6.42. The highest BCUT2D eigenvalue weighted by atomic mass is 28.2. The molecule has 0 aliphatic carbocycles. The Morgan fingerprint density at radius 1 is 1.29 bits per heavy atom. The van der Waals surface area contributed by atoms with Gasteiger partial charge in [0.2, 0.25) is 0 Å². The largest absolute Gasteiger partial charge is 0.424 e. The average molecular weight is 214 g/mol. The van der Waals surface area contributed by atoms with Crippen molar-refractivity contribution >= 4 is 10.5 Å². The molecular formula is C12H26OSi. The number of unbranched alkanes of at least 4 members (excludes halogenated alkanes) is 1. The molecule has 2 atom stereocenters. The highest BCUT2D eigenvalue weighted by molar-refractivity contribution is 5.98. The molecule has 0 spiro atoms. The molecule has 0 amide bonds. The van der Waals surface area contributed by atoms with Crippen LogP contribution < -0.4 is 0 Å². The van der Waals surface area contributed by atoms with Crippen LogP contribution in [-0.2, 0) is 4.43 Å². The van der Waals surface area contributed by atoms with Crippen LogP contribution >= 0.6 is 0 Å². The van der Waals surface area contributed by atoms with Gasteiger partial charge in [-0.25, -0.2) is 0 Å². The van der Waals surface area contributed by atoms with Gasteiger partial charge in [-0.1, -0.05) is 39.3 Å². The number of hydrogen-bond acceptors (Lipinski definition) is 1. The van der Waals surface area contributed by atoms with Gasteiger partial charge >= 0.3 is 0 Å². The van der Waals surface area contributed by atoms with Gasteiger partial charge in [0.15, 0.2) is 0 Å². The predicted octanol–water partition coefficient (Wildman–Crippen LogP) is 2.83. The Kier molecular flexibility index (Phi) is 8.19. The molecule has 0 radical (unpaired) electrons. The maximum Gasteiger partial charge on any atom is 0.146 e. The third kappa shape index (κ3) is 4.42. The smallest absolute Gasteiger partial charge is 0.146 e. The second-order valence-corrected chi connectivity index (χ2v) is 4.43. The van der Waals surface area contributed by atoms with Crippen molar-refractivity contribution in [2.45, 2.75) is 59.0 Å². The second kappa shape index (κ2) is 8.24. The normalized spacial score (nSPS) is 15.4. The monoisotopic (exact) mass is 214 g/mol. The van der Waals surface area contributed by atoms with Crippen molar-refractivity contribution in [3.63, 3.8) is 0 Å². The minimum Gasteiger partial charge on any atom is -0.424 e. The first-order chi connectivity index (χ1) is 6.71. The zero-order chi connectivity index (χ0) is 11.0. The first-order valence-corrected chi connectivity index (χ1v) is 6.73. The molecule has 0 saturated carbocycles. The summed E-state index contributed by atoms with van der Waals surface area (Å²) in [5.74, 6) is 0.587. The minimum absolute atomic E-state index is 0.427.